The van der Waals surface area contributed by atoms with Gasteiger partial charge < -0.3 is 21.2 Å². The van der Waals surface area contributed by atoms with E-state index in [0.29, 0.717) is 0 Å². The quantitative estimate of drug-likeness (QED) is 0.525. The van der Waals surface area contributed by atoms with Gasteiger partial charge in [0.15, 0.2) is 0 Å². The summed E-state index contributed by atoms with van der Waals surface area (Å²) in [4.78, 5) is 8.33. The van der Waals surface area contributed by atoms with Crippen LogP contribution in [0.25, 0.3) is 0 Å². The molecule has 46 valence electrons. The molecule has 0 rings (SSSR count). The predicted octanol–water partition coefficient (Wildman–Crippen LogP) is -2.31. The van der Waals surface area contributed by atoms with Crippen LogP contribution in [0.1, 0.15) is 0 Å². The van der Waals surface area contributed by atoms with Crippen LogP contribution in [0.2, 0.25) is 0 Å². The summed E-state index contributed by atoms with van der Waals surface area (Å²) in [5.41, 5.74) is 0. The van der Waals surface area contributed by atoms with Crippen LogP contribution in [0, 0.1) is 27.8 Å². The summed E-state index contributed by atoms with van der Waals surface area (Å²) in [6, 6.07) is 0. The zero-order valence-electron chi connectivity index (χ0n) is 4.04. The predicted molar refractivity (Wildman–Crippen MR) is 12.8 cm³/mol. The van der Waals surface area contributed by atoms with Gasteiger partial charge in [0.25, 0.3) is 0 Å². The van der Waals surface area contributed by atoms with Crippen molar-refractivity contribution in [2.24, 2.45) is 0 Å². The Morgan fingerprint density at radius 2 is 1.25 bits per heavy atom. The fourth-order valence-corrected chi connectivity index (χ4v) is 0. The van der Waals surface area contributed by atoms with Crippen molar-refractivity contribution in [1.82, 2.24) is 6.15 Å². The molecule has 6 nitrogen and oxygen atoms in total. The fraction of sp³-hybridized carbons (Fsp3) is 0. The standard InChI is InChI=1S/CH2O3.H3N.2O.U/c2-1(3)4;;;;/h(H2,2,3,4);1H3;;;/q;;;;+2/p-1. The summed E-state index contributed by atoms with van der Waals surface area (Å²) in [7, 11) is 0. The van der Waals surface area contributed by atoms with E-state index in [1.165, 1.54) is 0 Å². The van der Waals surface area contributed by atoms with Crippen molar-refractivity contribution in [3.8, 4) is 0 Å². The molecule has 0 atom stereocenters. The van der Waals surface area contributed by atoms with Crippen LogP contribution in [0.5, 0.6) is 0 Å². The maximum absolute atomic E-state index is 8.58. The molecule has 0 aliphatic heterocycles. The third-order valence-electron chi connectivity index (χ3n) is 0. The van der Waals surface area contributed by atoms with E-state index in [1.54, 1.807) is 0 Å². The zero-order valence-corrected chi connectivity index (χ0v) is 8.20. The molecule has 0 bridgehead atoms. The van der Waals surface area contributed by atoms with Gasteiger partial charge in [-0.25, -0.2) is 0 Å². The third-order valence-corrected chi connectivity index (χ3v) is 0. The van der Waals surface area contributed by atoms with Gasteiger partial charge in [-0.3, -0.25) is 0 Å². The average Bonchev–Trinajstić information content (AvgIpc) is 1.33. The van der Waals surface area contributed by atoms with Gasteiger partial charge in [-0.15, -0.1) is 0 Å². The molecular formula is CH4NO5U+. The molecule has 0 saturated heterocycles. The Morgan fingerprint density at radius 1 is 1.25 bits per heavy atom. The summed E-state index contributed by atoms with van der Waals surface area (Å²) in [5, 5.41) is 16.7. The average molecular weight is 348 g/mol. The molecule has 0 aromatic rings. The Labute approximate surface area is 59.7 Å². The Morgan fingerprint density at radius 3 is 1.25 bits per heavy atom. The van der Waals surface area contributed by atoms with E-state index in [4.69, 9.17) is 19.5 Å². The Balaban J connectivity index is -0.0000000575. The second-order valence-electron chi connectivity index (χ2n) is 0.333. The molecular weight excluding hydrogens is 344 g/mol. The summed E-state index contributed by atoms with van der Waals surface area (Å²) in [5.74, 6) is 0. The van der Waals surface area contributed by atoms with Crippen LogP contribution in [0.3, 0.4) is 0 Å². The topological polar surface area (TPSA) is 134 Å². The van der Waals surface area contributed by atoms with Crippen molar-refractivity contribution in [2.75, 3.05) is 0 Å². The Hall–Kier alpha value is -0.118. The van der Waals surface area contributed by atoms with Crippen molar-refractivity contribution < 1.29 is 47.3 Å². The number of carbonyl (C=O) groups is 1. The van der Waals surface area contributed by atoms with Crippen LogP contribution >= 0.6 is 0 Å². The van der Waals surface area contributed by atoms with Gasteiger partial charge in [0.05, 0.1) is 0 Å². The monoisotopic (exact) mass is 348 g/mol. The van der Waals surface area contributed by atoms with Crippen molar-refractivity contribution in [1.29, 1.82) is 0 Å². The first-order valence-corrected chi connectivity index (χ1v) is 4.42. The van der Waals surface area contributed by atoms with E-state index in [1.807, 2.05) is 0 Å². The first-order chi connectivity index (χ1) is 3.15. The second kappa shape index (κ2) is 15.8. The molecule has 4 N–H and O–H groups in total. The first kappa shape index (κ1) is 15.7. The van der Waals surface area contributed by atoms with Crippen LogP contribution in [-0.2, 0) is 4.47 Å². The van der Waals surface area contributed by atoms with Gasteiger partial charge in [0.1, 0.15) is 0 Å². The molecule has 0 heterocycles. The van der Waals surface area contributed by atoms with Crippen molar-refractivity contribution in [3.05, 3.63) is 0 Å². The second-order valence-corrected chi connectivity index (χ2v) is 1.03. The van der Waals surface area contributed by atoms with Crippen molar-refractivity contribution >= 4 is 6.16 Å². The molecule has 0 radical (unpaired) electrons. The molecule has 0 spiro atoms. The molecule has 0 fully saturated rings. The number of rotatable bonds is 0. The molecule has 0 unspecified atom stereocenters. The summed E-state index contributed by atoms with van der Waals surface area (Å²) >= 11 is -2.51. The van der Waals surface area contributed by atoms with E-state index < -0.39 is 34.0 Å². The number of hydrogen-bond acceptors (Lipinski definition) is 5. The van der Waals surface area contributed by atoms with Crippen molar-refractivity contribution in [3.63, 3.8) is 0 Å². The van der Waals surface area contributed by atoms with Gasteiger partial charge >= 0.3 is 32.3 Å². The molecule has 8 heavy (non-hydrogen) atoms. The maximum atomic E-state index is 8.58. The Bertz CT molecular complexity index is 80.4. The third kappa shape index (κ3) is 10100. The molecule has 0 amide bonds. The van der Waals surface area contributed by atoms with Gasteiger partial charge in [0, 0.05) is 0 Å². The normalized spacial score (nSPS) is 4.00. The summed E-state index contributed by atoms with van der Waals surface area (Å²) < 4.78 is 17.2. The van der Waals surface area contributed by atoms with Gasteiger partial charge in [-0.1, -0.05) is 0 Å². The van der Waals surface area contributed by atoms with Gasteiger partial charge in [-0.05, 0) is 6.16 Å². The summed E-state index contributed by atoms with van der Waals surface area (Å²) in [6.45, 7) is 0. The van der Waals surface area contributed by atoms with E-state index in [-0.39, 0.29) is 6.15 Å². The number of quaternary nitrogens is 1. The van der Waals surface area contributed by atoms with Crippen LogP contribution in [-0.4, -0.2) is 6.16 Å². The van der Waals surface area contributed by atoms with Crippen molar-refractivity contribution in [2.45, 2.75) is 0 Å². The van der Waals surface area contributed by atoms with Crippen LogP contribution in [0.15, 0.2) is 0 Å². The molecule has 0 aliphatic rings. The number of carbonyl (C=O) groups excluding carboxylic acids is 1. The summed E-state index contributed by atoms with van der Waals surface area (Å²) in [6.07, 6.45) is -2.33. The molecule has 0 aliphatic carbocycles. The molecule has 0 aromatic heterocycles. The van der Waals surface area contributed by atoms with Gasteiger partial charge in [-0.2, -0.15) is 0 Å². The number of hydrogen-bond donors (Lipinski definition) is 1. The Kier molecular flexibility index (Phi) is 30.9. The molecule has 7 heteroatoms. The number of carboxylic acid groups (broad SMARTS) is 2. The first-order valence-electron chi connectivity index (χ1n) is 1.02. The fourth-order valence-electron chi connectivity index (χ4n) is 0. The zero-order chi connectivity index (χ0) is 6.28. The minimum atomic E-state index is -2.51. The molecule has 0 aromatic carbocycles. The van der Waals surface area contributed by atoms with E-state index in [9.17, 15) is 0 Å². The van der Waals surface area contributed by atoms with Gasteiger partial charge in [0.2, 0.25) is 0 Å². The van der Waals surface area contributed by atoms with E-state index >= 15 is 0 Å². The van der Waals surface area contributed by atoms with Crippen LogP contribution in [0.4, 0.5) is 4.79 Å². The van der Waals surface area contributed by atoms with E-state index in [0.717, 1.165) is 0 Å². The molecule has 0 saturated carbocycles. The van der Waals surface area contributed by atoms with E-state index in [2.05, 4.69) is 0 Å². The van der Waals surface area contributed by atoms with Crippen LogP contribution < -0.4 is 16.4 Å². The SMILES string of the molecule is O=C([O-])[O-].[NH4+].[O]=[U+2]=[O]. The minimum absolute atomic E-state index is 0.